The summed E-state index contributed by atoms with van der Waals surface area (Å²) in [7, 11) is 0. The summed E-state index contributed by atoms with van der Waals surface area (Å²) in [6, 6.07) is 5.94. The fourth-order valence-corrected chi connectivity index (χ4v) is 3.72. The van der Waals surface area contributed by atoms with E-state index in [4.69, 9.17) is 9.84 Å². The summed E-state index contributed by atoms with van der Waals surface area (Å²) in [5, 5.41) is 11.9. The van der Waals surface area contributed by atoms with Gasteiger partial charge in [0.25, 0.3) is 0 Å². The van der Waals surface area contributed by atoms with E-state index in [1.807, 2.05) is 11.8 Å². The molecule has 1 saturated heterocycles. The van der Waals surface area contributed by atoms with Crippen molar-refractivity contribution in [3.63, 3.8) is 0 Å². The fraction of sp³-hybridized carbons (Fsp3) is 0.562. The zero-order valence-electron chi connectivity index (χ0n) is 12.5. The lowest BCUT2D eigenvalue weighted by molar-refractivity contribution is -0.123. The van der Waals surface area contributed by atoms with Gasteiger partial charge in [0.2, 0.25) is 5.91 Å². The highest BCUT2D eigenvalue weighted by Gasteiger charge is 2.33. The van der Waals surface area contributed by atoms with Crippen LogP contribution in [0.2, 0.25) is 0 Å². The number of carbonyl (C=O) groups is 1. The van der Waals surface area contributed by atoms with Crippen molar-refractivity contribution in [1.29, 1.82) is 0 Å². The van der Waals surface area contributed by atoms with Crippen molar-refractivity contribution in [2.45, 2.75) is 24.9 Å². The molecule has 0 unspecified atom stereocenters. The maximum absolute atomic E-state index is 12.8. The summed E-state index contributed by atoms with van der Waals surface area (Å²) in [5.41, 5.74) is 0.412. The number of aliphatic hydroxyl groups is 1. The molecule has 22 heavy (non-hydrogen) atoms. The van der Waals surface area contributed by atoms with E-state index in [-0.39, 0.29) is 30.4 Å². The average molecular weight is 327 g/mol. The van der Waals surface area contributed by atoms with E-state index < -0.39 is 0 Å². The predicted octanol–water partition coefficient (Wildman–Crippen LogP) is 1.76. The van der Waals surface area contributed by atoms with Gasteiger partial charge in [-0.05, 0) is 42.0 Å². The normalized spacial score (nSPS) is 17.2. The lowest BCUT2D eigenvalue weighted by atomic mass is 9.96. The number of rotatable bonds is 7. The predicted molar refractivity (Wildman–Crippen MR) is 85.4 cm³/mol. The van der Waals surface area contributed by atoms with Gasteiger partial charge < -0.3 is 15.2 Å². The summed E-state index contributed by atoms with van der Waals surface area (Å²) < 4.78 is 18.7. The van der Waals surface area contributed by atoms with Gasteiger partial charge in [0.15, 0.2) is 0 Å². The van der Waals surface area contributed by atoms with Crippen LogP contribution in [-0.4, -0.2) is 47.9 Å². The van der Waals surface area contributed by atoms with Crippen LogP contribution in [0.5, 0.6) is 0 Å². The van der Waals surface area contributed by atoms with Gasteiger partial charge in [-0.3, -0.25) is 4.79 Å². The number of carbonyl (C=O) groups excluding carboxylic acids is 1. The van der Waals surface area contributed by atoms with Crippen molar-refractivity contribution < 1.29 is 19.0 Å². The second-order valence-corrected chi connectivity index (χ2v) is 6.67. The minimum Gasteiger partial charge on any atom is -0.394 e. The molecule has 0 bridgehead atoms. The number of nitrogens with one attached hydrogen (secondary N) is 1. The standard InChI is InChI=1S/C16H22FNO3S/c17-14-3-1-13(2-4-14)11-15(20)18-12-16(21-8-7-19)5-9-22-10-6-16/h1-4,19H,5-12H2,(H,18,20). The van der Waals surface area contributed by atoms with Crippen LogP contribution in [0.1, 0.15) is 18.4 Å². The lowest BCUT2D eigenvalue weighted by Gasteiger charge is -2.37. The molecular formula is C16H22FNO3S. The van der Waals surface area contributed by atoms with E-state index in [1.165, 1.54) is 12.1 Å². The first-order valence-electron chi connectivity index (χ1n) is 7.47. The molecule has 6 heteroatoms. The highest BCUT2D eigenvalue weighted by molar-refractivity contribution is 7.99. The van der Waals surface area contributed by atoms with Crippen molar-refractivity contribution in [3.8, 4) is 0 Å². The lowest BCUT2D eigenvalue weighted by Crippen LogP contribution is -2.48. The maximum Gasteiger partial charge on any atom is 0.224 e. The number of aliphatic hydroxyl groups excluding tert-OH is 1. The van der Waals surface area contributed by atoms with Gasteiger partial charge >= 0.3 is 0 Å². The van der Waals surface area contributed by atoms with E-state index in [0.29, 0.717) is 13.2 Å². The van der Waals surface area contributed by atoms with Crippen LogP contribution in [0, 0.1) is 5.82 Å². The van der Waals surface area contributed by atoms with Gasteiger partial charge in [-0.25, -0.2) is 4.39 Å². The molecule has 2 rings (SSSR count). The molecule has 1 fully saturated rings. The summed E-state index contributed by atoms with van der Waals surface area (Å²) in [6.45, 7) is 0.727. The first-order chi connectivity index (χ1) is 10.6. The third-order valence-electron chi connectivity index (χ3n) is 3.79. The zero-order valence-corrected chi connectivity index (χ0v) is 13.3. The van der Waals surface area contributed by atoms with Crippen LogP contribution in [-0.2, 0) is 16.0 Å². The van der Waals surface area contributed by atoms with Gasteiger partial charge in [0.1, 0.15) is 5.82 Å². The van der Waals surface area contributed by atoms with Crippen molar-refractivity contribution in [2.75, 3.05) is 31.3 Å². The molecule has 1 amide bonds. The molecular weight excluding hydrogens is 305 g/mol. The van der Waals surface area contributed by atoms with Gasteiger partial charge in [-0.2, -0.15) is 11.8 Å². The van der Waals surface area contributed by atoms with Crippen LogP contribution in [0.3, 0.4) is 0 Å². The second-order valence-electron chi connectivity index (χ2n) is 5.45. The van der Waals surface area contributed by atoms with Crippen LogP contribution < -0.4 is 5.32 Å². The molecule has 122 valence electrons. The monoisotopic (exact) mass is 327 g/mol. The summed E-state index contributed by atoms with van der Waals surface area (Å²) in [6.07, 6.45) is 1.97. The molecule has 0 atom stereocenters. The minimum absolute atomic E-state index is 0.0155. The highest BCUT2D eigenvalue weighted by atomic mass is 32.2. The number of benzene rings is 1. The van der Waals surface area contributed by atoms with Crippen LogP contribution in [0.25, 0.3) is 0 Å². The first-order valence-corrected chi connectivity index (χ1v) is 8.63. The molecule has 0 saturated carbocycles. The summed E-state index contributed by atoms with van der Waals surface area (Å²) in [4.78, 5) is 12.0. The molecule has 0 spiro atoms. The van der Waals surface area contributed by atoms with Crippen LogP contribution in [0.15, 0.2) is 24.3 Å². The Kier molecular flexibility index (Phi) is 6.67. The highest BCUT2D eigenvalue weighted by Crippen LogP contribution is 2.30. The molecule has 0 aliphatic carbocycles. The SMILES string of the molecule is O=C(Cc1ccc(F)cc1)NCC1(OCCO)CCSCC1. The largest absolute Gasteiger partial charge is 0.394 e. The Morgan fingerprint density at radius 2 is 2.00 bits per heavy atom. The van der Waals surface area contributed by atoms with Gasteiger partial charge in [0.05, 0.1) is 25.2 Å². The molecule has 1 aromatic carbocycles. The van der Waals surface area contributed by atoms with Crippen LogP contribution in [0.4, 0.5) is 4.39 Å². The van der Waals surface area contributed by atoms with Gasteiger partial charge in [-0.15, -0.1) is 0 Å². The van der Waals surface area contributed by atoms with Gasteiger partial charge in [0, 0.05) is 6.54 Å². The number of hydrogen-bond donors (Lipinski definition) is 2. The fourth-order valence-electron chi connectivity index (χ4n) is 2.49. The summed E-state index contributed by atoms with van der Waals surface area (Å²) >= 11 is 1.88. The minimum atomic E-state index is -0.369. The first kappa shape index (κ1) is 17.2. The molecule has 4 nitrogen and oxygen atoms in total. The topological polar surface area (TPSA) is 58.6 Å². The Hall–Kier alpha value is -1.11. The number of halogens is 1. The van der Waals surface area contributed by atoms with Crippen molar-refractivity contribution in [3.05, 3.63) is 35.6 Å². The number of amides is 1. The average Bonchev–Trinajstić information content (AvgIpc) is 2.54. The Morgan fingerprint density at radius 1 is 1.32 bits per heavy atom. The number of hydrogen-bond acceptors (Lipinski definition) is 4. The quantitative estimate of drug-likeness (QED) is 0.801. The van der Waals surface area contributed by atoms with E-state index in [1.54, 1.807) is 12.1 Å². The molecule has 1 aliphatic rings. The van der Waals surface area contributed by atoms with E-state index >= 15 is 0 Å². The molecule has 1 aliphatic heterocycles. The number of ether oxygens (including phenoxy) is 1. The number of thioether (sulfide) groups is 1. The van der Waals surface area contributed by atoms with Crippen molar-refractivity contribution >= 4 is 17.7 Å². The van der Waals surface area contributed by atoms with E-state index in [0.717, 1.165) is 29.9 Å². The smallest absolute Gasteiger partial charge is 0.224 e. The van der Waals surface area contributed by atoms with Gasteiger partial charge in [-0.1, -0.05) is 12.1 Å². The Morgan fingerprint density at radius 3 is 2.64 bits per heavy atom. The third-order valence-corrected chi connectivity index (χ3v) is 4.77. The summed E-state index contributed by atoms with van der Waals surface area (Å²) in [5.74, 6) is 1.59. The molecule has 0 radical (unpaired) electrons. The molecule has 1 aromatic rings. The Bertz CT molecular complexity index is 475. The zero-order chi connectivity index (χ0) is 15.8. The molecule has 2 N–H and O–H groups in total. The molecule has 1 heterocycles. The van der Waals surface area contributed by atoms with Crippen LogP contribution >= 0.6 is 11.8 Å². The second kappa shape index (κ2) is 8.50. The Labute approximate surface area is 134 Å². The molecule has 0 aromatic heterocycles. The maximum atomic E-state index is 12.8. The van der Waals surface area contributed by atoms with E-state index in [2.05, 4.69) is 5.32 Å². The third kappa shape index (κ3) is 5.26. The van der Waals surface area contributed by atoms with Crippen molar-refractivity contribution in [1.82, 2.24) is 5.32 Å². The Balaban J connectivity index is 1.85. The van der Waals surface area contributed by atoms with Crippen molar-refractivity contribution in [2.24, 2.45) is 0 Å². The van der Waals surface area contributed by atoms with E-state index in [9.17, 15) is 9.18 Å².